The summed E-state index contributed by atoms with van der Waals surface area (Å²) in [5.41, 5.74) is 2.87. The van der Waals surface area contributed by atoms with Crippen LogP contribution in [0.15, 0.2) is 29.3 Å². The molecular formula is C16H25N3. The minimum atomic E-state index is 0.218. The molecule has 1 aromatic rings. The predicted molar refractivity (Wildman–Crippen MR) is 81.5 cm³/mol. The molecule has 2 N–H and O–H groups in total. The molecule has 1 saturated carbocycles. The number of rotatable bonds is 3. The highest BCUT2D eigenvalue weighted by Gasteiger charge is 2.22. The van der Waals surface area contributed by atoms with Gasteiger partial charge in [0.2, 0.25) is 0 Å². The Morgan fingerprint density at radius 2 is 1.84 bits per heavy atom. The van der Waals surface area contributed by atoms with Crippen molar-refractivity contribution in [3.8, 4) is 0 Å². The van der Waals surface area contributed by atoms with Crippen LogP contribution in [0.4, 0.5) is 0 Å². The first-order valence-electron chi connectivity index (χ1n) is 7.05. The highest BCUT2D eigenvalue weighted by Crippen LogP contribution is 2.22. The molecule has 19 heavy (non-hydrogen) atoms. The maximum Gasteiger partial charge on any atom is 0.191 e. The maximum atomic E-state index is 4.23. The van der Waals surface area contributed by atoms with Crippen LogP contribution >= 0.6 is 0 Å². The molecule has 3 nitrogen and oxygen atoms in total. The Labute approximate surface area is 116 Å². The van der Waals surface area contributed by atoms with Crippen LogP contribution in [0.2, 0.25) is 0 Å². The number of nitrogens with zero attached hydrogens (tertiary/aromatic N) is 1. The smallest absolute Gasteiger partial charge is 0.191 e. The van der Waals surface area contributed by atoms with Crippen molar-refractivity contribution in [1.82, 2.24) is 10.6 Å². The van der Waals surface area contributed by atoms with Gasteiger partial charge in [0.25, 0.3) is 0 Å². The molecule has 0 radical (unpaired) electrons. The van der Waals surface area contributed by atoms with Crippen LogP contribution < -0.4 is 10.6 Å². The second kappa shape index (κ2) is 5.64. The molecule has 1 fully saturated rings. The third-order valence-electron chi connectivity index (χ3n) is 3.42. The predicted octanol–water partition coefficient (Wildman–Crippen LogP) is 2.81. The van der Waals surface area contributed by atoms with Crippen molar-refractivity contribution < 1.29 is 0 Å². The molecule has 0 atom stereocenters. The third kappa shape index (κ3) is 4.27. The summed E-state index contributed by atoms with van der Waals surface area (Å²) in [4.78, 5) is 4.23. The van der Waals surface area contributed by atoms with Gasteiger partial charge in [0, 0.05) is 19.6 Å². The number of nitrogens with one attached hydrogen (secondary N) is 2. The molecule has 2 rings (SSSR count). The highest BCUT2D eigenvalue weighted by molar-refractivity contribution is 5.80. The van der Waals surface area contributed by atoms with Crippen LogP contribution in [0.5, 0.6) is 0 Å². The fourth-order valence-electron chi connectivity index (χ4n) is 1.92. The Balaban J connectivity index is 1.88. The van der Waals surface area contributed by atoms with E-state index in [0.717, 1.165) is 12.5 Å². The second-order valence-electron chi connectivity index (χ2n) is 6.29. The average molecular weight is 259 g/mol. The number of aliphatic imine (C=N–C) groups is 1. The van der Waals surface area contributed by atoms with Gasteiger partial charge < -0.3 is 10.6 Å². The van der Waals surface area contributed by atoms with Crippen LogP contribution in [-0.4, -0.2) is 19.0 Å². The lowest BCUT2D eigenvalue weighted by Gasteiger charge is -2.19. The van der Waals surface area contributed by atoms with E-state index in [0.29, 0.717) is 6.04 Å². The van der Waals surface area contributed by atoms with E-state index in [1.807, 2.05) is 7.05 Å². The fraction of sp³-hybridized carbons (Fsp3) is 0.562. The van der Waals surface area contributed by atoms with Gasteiger partial charge in [0.15, 0.2) is 5.96 Å². The van der Waals surface area contributed by atoms with Crippen molar-refractivity contribution in [2.75, 3.05) is 7.05 Å². The van der Waals surface area contributed by atoms with E-state index in [1.165, 1.54) is 24.0 Å². The quantitative estimate of drug-likeness (QED) is 0.647. The van der Waals surface area contributed by atoms with E-state index in [4.69, 9.17) is 0 Å². The van der Waals surface area contributed by atoms with Crippen LogP contribution in [0.3, 0.4) is 0 Å². The molecule has 0 amide bonds. The zero-order valence-electron chi connectivity index (χ0n) is 12.5. The molecule has 0 heterocycles. The molecule has 104 valence electrons. The lowest BCUT2D eigenvalue weighted by Crippen LogP contribution is -2.38. The molecule has 0 aliphatic heterocycles. The summed E-state index contributed by atoms with van der Waals surface area (Å²) >= 11 is 0. The number of guanidine groups is 1. The molecule has 1 aliphatic rings. The summed E-state index contributed by atoms with van der Waals surface area (Å²) in [7, 11) is 1.82. The normalized spacial score (nSPS) is 16.3. The molecule has 1 aromatic carbocycles. The van der Waals surface area contributed by atoms with Crippen LogP contribution in [0, 0.1) is 0 Å². The van der Waals surface area contributed by atoms with E-state index in [9.17, 15) is 0 Å². The van der Waals surface area contributed by atoms with Gasteiger partial charge >= 0.3 is 0 Å². The first kappa shape index (κ1) is 13.9. The molecular weight excluding hydrogens is 234 g/mol. The molecule has 0 spiro atoms. The van der Waals surface area contributed by atoms with Gasteiger partial charge in [-0.2, -0.15) is 0 Å². The zero-order chi connectivity index (χ0) is 13.9. The Morgan fingerprint density at radius 3 is 2.32 bits per heavy atom. The second-order valence-corrected chi connectivity index (χ2v) is 6.29. The molecule has 0 aromatic heterocycles. The Bertz CT molecular complexity index is 436. The zero-order valence-corrected chi connectivity index (χ0v) is 12.5. The minimum absolute atomic E-state index is 0.218. The summed E-state index contributed by atoms with van der Waals surface area (Å²) in [5, 5.41) is 6.74. The number of hydrogen-bond donors (Lipinski definition) is 2. The lowest BCUT2D eigenvalue weighted by molar-refractivity contribution is 0.590. The lowest BCUT2D eigenvalue weighted by atomic mass is 9.87. The van der Waals surface area contributed by atoms with Gasteiger partial charge in [0.1, 0.15) is 0 Å². The summed E-state index contributed by atoms with van der Waals surface area (Å²) in [6, 6.07) is 9.45. The molecule has 0 saturated heterocycles. The van der Waals surface area contributed by atoms with Crippen molar-refractivity contribution in [1.29, 1.82) is 0 Å². The van der Waals surface area contributed by atoms with Gasteiger partial charge in [-0.05, 0) is 29.4 Å². The SMILES string of the molecule is CN=C(NCc1ccc(C(C)(C)C)cc1)NC1CC1. The van der Waals surface area contributed by atoms with E-state index in [2.05, 4.69) is 60.7 Å². The maximum absolute atomic E-state index is 4.23. The molecule has 3 heteroatoms. The molecule has 1 aliphatic carbocycles. The number of benzene rings is 1. The van der Waals surface area contributed by atoms with Gasteiger partial charge in [-0.3, -0.25) is 4.99 Å². The summed E-state index contributed by atoms with van der Waals surface area (Å²) in [6.07, 6.45) is 2.53. The minimum Gasteiger partial charge on any atom is -0.354 e. The van der Waals surface area contributed by atoms with Crippen molar-refractivity contribution in [3.63, 3.8) is 0 Å². The van der Waals surface area contributed by atoms with Crippen molar-refractivity contribution in [3.05, 3.63) is 35.4 Å². The van der Waals surface area contributed by atoms with Gasteiger partial charge in [-0.25, -0.2) is 0 Å². The Kier molecular flexibility index (Phi) is 4.13. The molecule has 0 unspecified atom stereocenters. The van der Waals surface area contributed by atoms with Gasteiger partial charge in [-0.1, -0.05) is 45.0 Å². The number of hydrogen-bond acceptors (Lipinski definition) is 1. The van der Waals surface area contributed by atoms with E-state index >= 15 is 0 Å². The van der Waals surface area contributed by atoms with Crippen molar-refractivity contribution >= 4 is 5.96 Å². The fourth-order valence-corrected chi connectivity index (χ4v) is 1.92. The standard InChI is InChI=1S/C16H25N3/c1-16(2,3)13-7-5-12(6-8-13)11-18-15(17-4)19-14-9-10-14/h5-8,14H,9-11H2,1-4H3,(H2,17,18,19). The van der Waals surface area contributed by atoms with Crippen molar-refractivity contribution in [2.24, 2.45) is 4.99 Å². The van der Waals surface area contributed by atoms with E-state index in [1.54, 1.807) is 0 Å². The summed E-state index contributed by atoms with van der Waals surface area (Å²) in [6.45, 7) is 7.53. The van der Waals surface area contributed by atoms with E-state index < -0.39 is 0 Å². The van der Waals surface area contributed by atoms with Crippen LogP contribution in [-0.2, 0) is 12.0 Å². The third-order valence-corrected chi connectivity index (χ3v) is 3.42. The monoisotopic (exact) mass is 259 g/mol. The largest absolute Gasteiger partial charge is 0.354 e. The summed E-state index contributed by atoms with van der Waals surface area (Å²) in [5.74, 6) is 0.905. The first-order valence-corrected chi connectivity index (χ1v) is 7.05. The summed E-state index contributed by atoms with van der Waals surface area (Å²) < 4.78 is 0. The van der Waals surface area contributed by atoms with E-state index in [-0.39, 0.29) is 5.41 Å². The van der Waals surface area contributed by atoms with Gasteiger partial charge in [-0.15, -0.1) is 0 Å². The average Bonchev–Trinajstić information content (AvgIpc) is 3.18. The van der Waals surface area contributed by atoms with Gasteiger partial charge in [0.05, 0.1) is 0 Å². The Morgan fingerprint density at radius 1 is 1.21 bits per heavy atom. The van der Waals surface area contributed by atoms with Crippen LogP contribution in [0.1, 0.15) is 44.7 Å². The van der Waals surface area contributed by atoms with Crippen molar-refractivity contribution in [2.45, 2.75) is 51.6 Å². The highest BCUT2D eigenvalue weighted by atomic mass is 15.2. The van der Waals surface area contributed by atoms with Crippen LogP contribution in [0.25, 0.3) is 0 Å². The molecule has 0 bridgehead atoms. The Hall–Kier alpha value is -1.51. The topological polar surface area (TPSA) is 36.4 Å². The first-order chi connectivity index (χ1) is 8.99.